The zero-order chi connectivity index (χ0) is 30.6. The van der Waals surface area contributed by atoms with Gasteiger partial charge in [-0.1, -0.05) is 127 Å². The smallest absolute Gasteiger partial charge is 0.333 e. The van der Waals surface area contributed by atoms with Crippen molar-refractivity contribution in [2.45, 2.75) is 6.92 Å². The average molecular weight is 611 g/mol. The van der Waals surface area contributed by atoms with Crippen molar-refractivity contribution >= 4 is 79.8 Å². The number of para-hydroxylation sites is 4. The number of aromatic nitrogens is 1. The third-order valence-electron chi connectivity index (χ3n) is 11.6. The predicted molar refractivity (Wildman–Crippen MR) is 201 cm³/mol. The zero-order valence-corrected chi connectivity index (χ0v) is 26.8. The van der Waals surface area contributed by atoms with Crippen LogP contribution in [0.15, 0.2) is 146 Å². The maximum Gasteiger partial charge on any atom is 0.333 e. The molecule has 4 aliphatic heterocycles. The fourth-order valence-electron chi connectivity index (χ4n) is 10.1. The van der Waals surface area contributed by atoms with Crippen LogP contribution in [0, 0.1) is 6.92 Å². The predicted octanol–water partition coefficient (Wildman–Crippen LogP) is 6.00. The molecule has 0 fully saturated rings. The number of hydrogen-bond donors (Lipinski definition) is 0. The lowest BCUT2D eigenvalue weighted by atomic mass is 9.44. The molecule has 8 aromatic rings. The SMILES string of the molecule is Cc1cc2c3c(c1)-n1c4ccccc4c4cccc(c41)B3N1c3ccccc3[Si]3(c4ccccc4-c4ccccc43)c3cccc-2c31. The average Bonchev–Trinajstić information content (AvgIpc) is 3.61. The van der Waals surface area contributed by atoms with Crippen LogP contribution in [-0.2, 0) is 0 Å². The minimum absolute atomic E-state index is 0.0640. The fourth-order valence-corrected chi connectivity index (χ4v) is 15.7. The van der Waals surface area contributed by atoms with Crippen LogP contribution in [0.1, 0.15) is 5.56 Å². The standard InChI is InChI=1S/C43H27BN2Si/c1-26-24-32-31-16-11-23-40-43(31)46(44-33-17-10-15-30-27-12-2-5-18-34(27)45(42(30)33)36(25-26)41(32)44)35-19-6-9-22-39(35)47(40)37-20-7-3-13-28(37)29-14-4-8-21-38(29)47/h2-25H,1H3. The van der Waals surface area contributed by atoms with E-state index in [0.29, 0.717) is 0 Å². The van der Waals surface area contributed by atoms with E-state index in [9.17, 15) is 0 Å². The molecule has 0 N–H and O–H groups in total. The molecule has 2 nitrogen and oxygen atoms in total. The summed E-state index contributed by atoms with van der Waals surface area (Å²) in [5, 5.41) is 8.70. The Balaban J connectivity index is 1.30. The van der Waals surface area contributed by atoms with Gasteiger partial charge < -0.3 is 9.38 Å². The molecule has 47 heavy (non-hydrogen) atoms. The number of benzene rings is 7. The second-order valence-electron chi connectivity index (χ2n) is 13.7. The molecule has 0 unspecified atom stereocenters. The molecule has 216 valence electrons. The Labute approximate surface area is 274 Å². The molecular weight excluding hydrogens is 583 g/mol. The van der Waals surface area contributed by atoms with Crippen molar-refractivity contribution in [1.29, 1.82) is 0 Å². The molecular formula is C43H27BN2Si. The molecule has 4 heteroatoms. The van der Waals surface area contributed by atoms with Gasteiger partial charge in [-0.3, -0.25) is 0 Å². The lowest BCUT2D eigenvalue weighted by molar-refractivity contribution is 1.17. The summed E-state index contributed by atoms with van der Waals surface area (Å²) in [7, 11) is -2.64. The molecule has 0 atom stereocenters. The number of nitrogens with zero attached hydrogens (tertiary/aromatic N) is 2. The van der Waals surface area contributed by atoms with E-state index in [1.165, 1.54) is 98.4 Å². The Morgan fingerprint density at radius 2 is 1.15 bits per heavy atom. The van der Waals surface area contributed by atoms with Crippen LogP contribution in [0.2, 0.25) is 0 Å². The van der Waals surface area contributed by atoms with E-state index in [1.54, 1.807) is 0 Å². The monoisotopic (exact) mass is 610 g/mol. The molecule has 5 heterocycles. The Kier molecular flexibility index (Phi) is 4.31. The summed E-state index contributed by atoms with van der Waals surface area (Å²) in [5.74, 6) is 0. The van der Waals surface area contributed by atoms with Gasteiger partial charge in [-0.25, -0.2) is 0 Å². The summed E-state index contributed by atoms with van der Waals surface area (Å²) < 4.78 is 2.56. The Bertz CT molecular complexity index is 2690. The first kappa shape index (κ1) is 24.6. The molecule has 0 radical (unpaired) electrons. The summed E-state index contributed by atoms with van der Waals surface area (Å²) in [4.78, 5) is 2.75. The Morgan fingerprint density at radius 1 is 0.511 bits per heavy atom. The van der Waals surface area contributed by atoms with Crippen molar-refractivity contribution in [3.05, 3.63) is 151 Å². The summed E-state index contributed by atoms with van der Waals surface area (Å²) in [6.07, 6.45) is 0. The van der Waals surface area contributed by atoms with Crippen LogP contribution in [0.3, 0.4) is 0 Å². The quantitative estimate of drug-likeness (QED) is 0.191. The van der Waals surface area contributed by atoms with E-state index in [1.807, 2.05) is 0 Å². The van der Waals surface area contributed by atoms with Crippen LogP contribution >= 0.6 is 0 Å². The second kappa shape index (κ2) is 8.22. The van der Waals surface area contributed by atoms with Crippen molar-refractivity contribution in [2.24, 2.45) is 0 Å². The lowest BCUT2D eigenvalue weighted by Crippen LogP contribution is -2.78. The van der Waals surface area contributed by atoms with Crippen LogP contribution in [0.25, 0.3) is 49.7 Å². The summed E-state index contributed by atoms with van der Waals surface area (Å²) in [5.41, 5.74) is 16.3. The normalized spacial score (nSPS) is 15.0. The summed E-state index contributed by atoms with van der Waals surface area (Å²) >= 11 is 0. The summed E-state index contributed by atoms with van der Waals surface area (Å²) in [6, 6.07) is 56.0. The minimum atomic E-state index is -2.64. The number of fused-ring (bicyclic) bond motifs is 16. The molecule has 0 saturated carbocycles. The highest BCUT2D eigenvalue weighted by Crippen LogP contribution is 2.47. The van der Waals surface area contributed by atoms with Gasteiger partial charge in [0.05, 0.1) is 11.0 Å². The van der Waals surface area contributed by atoms with Gasteiger partial charge in [0, 0.05) is 33.4 Å². The number of rotatable bonds is 0. The van der Waals surface area contributed by atoms with Crippen LogP contribution in [-0.4, -0.2) is 19.5 Å². The summed E-state index contributed by atoms with van der Waals surface area (Å²) in [6.45, 7) is 2.33. The molecule has 1 aromatic heterocycles. The number of hydrogen-bond acceptors (Lipinski definition) is 1. The van der Waals surface area contributed by atoms with E-state index in [-0.39, 0.29) is 6.85 Å². The van der Waals surface area contributed by atoms with Crippen molar-refractivity contribution in [3.8, 4) is 27.9 Å². The first-order chi connectivity index (χ1) is 23.3. The third-order valence-corrected chi connectivity index (χ3v) is 16.5. The molecule has 0 aliphatic carbocycles. The number of aryl methyl sites for hydroxylation is 1. The molecule has 0 bridgehead atoms. The molecule has 7 aromatic carbocycles. The Hall–Kier alpha value is -5.58. The van der Waals surface area contributed by atoms with Crippen LogP contribution in [0.5, 0.6) is 0 Å². The van der Waals surface area contributed by atoms with Gasteiger partial charge >= 0.3 is 6.85 Å². The highest BCUT2D eigenvalue weighted by Gasteiger charge is 2.57. The van der Waals surface area contributed by atoms with Crippen LogP contribution in [0.4, 0.5) is 11.4 Å². The maximum atomic E-state index is 2.75. The number of anilines is 2. The van der Waals surface area contributed by atoms with E-state index < -0.39 is 8.07 Å². The Morgan fingerprint density at radius 3 is 1.98 bits per heavy atom. The van der Waals surface area contributed by atoms with E-state index in [2.05, 4.69) is 162 Å². The van der Waals surface area contributed by atoms with E-state index >= 15 is 0 Å². The molecule has 4 aliphatic rings. The highest BCUT2D eigenvalue weighted by molar-refractivity contribution is 7.24. The molecule has 1 spiro atoms. The zero-order valence-electron chi connectivity index (χ0n) is 25.8. The molecule has 0 amide bonds. The van der Waals surface area contributed by atoms with Crippen molar-refractivity contribution in [3.63, 3.8) is 0 Å². The largest absolute Gasteiger partial charge is 0.376 e. The lowest BCUT2D eigenvalue weighted by Gasteiger charge is -2.50. The topological polar surface area (TPSA) is 8.17 Å². The molecule has 12 rings (SSSR count). The van der Waals surface area contributed by atoms with Gasteiger partial charge in [0.25, 0.3) is 0 Å². The minimum Gasteiger partial charge on any atom is -0.376 e. The van der Waals surface area contributed by atoms with Gasteiger partial charge in [-0.15, -0.1) is 0 Å². The van der Waals surface area contributed by atoms with Gasteiger partial charge in [-0.05, 0) is 79.0 Å². The highest BCUT2D eigenvalue weighted by atomic mass is 28.3. The van der Waals surface area contributed by atoms with Gasteiger partial charge in [0.2, 0.25) is 0 Å². The van der Waals surface area contributed by atoms with Crippen molar-refractivity contribution in [1.82, 2.24) is 4.57 Å². The fraction of sp³-hybridized carbons (Fsp3) is 0.0233. The first-order valence-corrected chi connectivity index (χ1v) is 18.7. The van der Waals surface area contributed by atoms with Crippen molar-refractivity contribution in [2.75, 3.05) is 4.81 Å². The molecule has 0 saturated heterocycles. The van der Waals surface area contributed by atoms with Gasteiger partial charge in [-0.2, -0.15) is 0 Å². The maximum absolute atomic E-state index is 2.75. The first-order valence-electron chi connectivity index (χ1n) is 16.7. The third kappa shape index (κ3) is 2.64. The van der Waals surface area contributed by atoms with E-state index in [4.69, 9.17) is 0 Å². The second-order valence-corrected chi connectivity index (χ2v) is 17.3. The van der Waals surface area contributed by atoms with Gasteiger partial charge in [0.15, 0.2) is 8.07 Å². The van der Waals surface area contributed by atoms with Gasteiger partial charge in [0.1, 0.15) is 0 Å². The van der Waals surface area contributed by atoms with Crippen LogP contribution < -0.4 is 36.5 Å². The van der Waals surface area contributed by atoms with E-state index in [0.717, 1.165) is 0 Å². The van der Waals surface area contributed by atoms with Crippen molar-refractivity contribution < 1.29 is 0 Å².